The Morgan fingerprint density at radius 3 is 2.59 bits per heavy atom. The van der Waals surface area contributed by atoms with Crippen molar-refractivity contribution in [2.24, 2.45) is 0 Å². The molecule has 0 spiro atoms. The van der Waals surface area contributed by atoms with Gasteiger partial charge in [0.15, 0.2) is 11.5 Å². The van der Waals surface area contributed by atoms with Gasteiger partial charge in [-0.2, -0.15) is 0 Å². The zero-order valence-electron chi connectivity index (χ0n) is 15.7. The number of benzene rings is 1. The van der Waals surface area contributed by atoms with E-state index in [2.05, 4.69) is 15.2 Å². The minimum atomic E-state index is -0.177. The zero-order chi connectivity index (χ0) is 19.1. The number of rotatable bonds is 7. The van der Waals surface area contributed by atoms with Gasteiger partial charge in [-0.15, -0.1) is 0 Å². The summed E-state index contributed by atoms with van der Waals surface area (Å²) in [6.45, 7) is 3.65. The molecule has 3 rings (SSSR count). The van der Waals surface area contributed by atoms with E-state index >= 15 is 0 Å². The number of pyridine rings is 1. The van der Waals surface area contributed by atoms with Gasteiger partial charge in [0.25, 0.3) is 5.91 Å². The van der Waals surface area contributed by atoms with Crippen LogP contribution in [0.3, 0.4) is 0 Å². The highest BCUT2D eigenvalue weighted by molar-refractivity contribution is 5.92. The van der Waals surface area contributed by atoms with Crippen molar-refractivity contribution in [3.8, 4) is 11.5 Å². The van der Waals surface area contributed by atoms with Gasteiger partial charge in [-0.1, -0.05) is 6.07 Å². The number of aromatic nitrogens is 1. The van der Waals surface area contributed by atoms with Crippen LogP contribution in [-0.2, 0) is 11.2 Å². The molecule has 1 aliphatic heterocycles. The molecule has 0 unspecified atom stereocenters. The molecule has 27 heavy (non-hydrogen) atoms. The van der Waals surface area contributed by atoms with Crippen molar-refractivity contribution in [3.63, 3.8) is 0 Å². The molecular formula is C20H25N3O4. The van der Waals surface area contributed by atoms with Crippen molar-refractivity contribution in [3.05, 3.63) is 47.8 Å². The summed E-state index contributed by atoms with van der Waals surface area (Å²) in [5.74, 6) is 1.19. The molecule has 1 aromatic heterocycles. The molecule has 7 heteroatoms. The molecule has 1 aliphatic rings. The van der Waals surface area contributed by atoms with Crippen LogP contribution < -0.4 is 19.7 Å². The quantitative estimate of drug-likeness (QED) is 0.802. The van der Waals surface area contributed by atoms with Crippen molar-refractivity contribution in [2.75, 3.05) is 52.0 Å². The average Bonchev–Trinajstić information content (AvgIpc) is 2.74. The maximum absolute atomic E-state index is 12.3. The van der Waals surface area contributed by atoms with Crippen LogP contribution in [0.15, 0.2) is 36.5 Å². The second-order valence-corrected chi connectivity index (χ2v) is 6.20. The number of morpholine rings is 1. The summed E-state index contributed by atoms with van der Waals surface area (Å²) in [5, 5.41) is 2.91. The van der Waals surface area contributed by atoms with E-state index in [0.29, 0.717) is 30.2 Å². The number of methoxy groups -OCH3 is 2. The summed E-state index contributed by atoms with van der Waals surface area (Å²) in [6.07, 6.45) is 2.44. The Morgan fingerprint density at radius 1 is 1.15 bits per heavy atom. The first-order chi connectivity index (χ1) is 13.2. The van der Waals surface area contributed by atoms with Crippen molar-refractivity contribution in [2.45, 2.75) is 6.42 Å². The van der Waals surface area contributed by atoms with Gasteiger partial charge in [-0.3, -0.25) is 4.79 Å². The Labute approximate surface area is 159 Å². The lowest BCUT2D eigenvalue weighted by atomic mass is 10.1. The molecule has 0 radical (unpaired) electrons. The summed E-state index contributed by atoms with van der Waals surface area (Å²) < 4.78 is 15.9. The minimum Gasteiger partial charge on any atom is -0.493 e. The van der Waals surface area contributed by atoms with Gasteiger partial charge in [0.2, 0.25) is 0 Å². The van der Waals surface area contributed by atoms with E-state index in [1.54, 1.807) is 26.5 Å². The van der Waals surface area contributed by atoms with Crippen molar-refractivity contribution in [1.29, 1.82) is 0 Å². The third-order valence-corrected chi connectivity index (χ3v) is 4.50. The van der Waals surface area contributed by atoms with Gasteiger partial charge in [0, 0.05) is 19.6 Å². The highest BCUT2D eigenvalue weighted by Gasteiger charge is 2.13. The van der Waals surface area contributed by atoms with Crippen LogP contribution in [0.25, 0.3) is 0 Å². The lowest BCUT2D eigenvalue weighted by Gasteiger charge is -2.28. The number of amides is 1. The average molecular weight is 371 g/mol. The molecule has 1 amide bonds. The Bertz CT molecular complexity index is 758. The predicted octanol–water partition coefficient (Wildman–Crippen LogP) is 1.91. The van der Waals surface area contributed by atoms with Gasteiger partial charge >= 0.3 is 0 Å². The zero-order valence-corrected chi connectivity index (χ0v) is 15.7. The van der Waals surface area contributed by atoms with E-state index in [4.69, 9.17) is 14.2 Å². The smallest absolute Gasteiger partial charge is 0.269 e. The Morgan fingerprint density at radius 2 is 1.93 bits per heavy atom. The first kappa shape index (κ1) is 19.0. The molecule has 1 fully saturated rings. The summed E-state index contributed by atoms with van der Waals surface area (Å²) >= 11 is 0. The number of anilines is 1. The Hall–Kier alpha value is -2.80. The molecule has 7 nitrogen and oxygen atoms in total. The van der Waals surface area contributed by atoms with Crippen LogP contribution in [0.4, 0.5) is 5.69 Å². The number of carbonyl (C=O) groups excluding carboxylic acids is 1. The maximum atomic E-state index is 12.3. The van der Waals surface area contributed by atoms with E-state index in [1.165, 1.54) is 0 Å². The van der Waals surface area contributed by atoms with Gasteiger partial charge in [-0.05, 0) is 36.2 Å². The normalized spacial score (nSPS) is 13.9. The second kappa shape index (κ2) is 9.23. The van der Waals surface area contributed by atoms with Gasteiger partial charge < -0.3 is 24.4 Å². The summed E-state index contributed by atoms with van der Waals surface area (Å²) in [7, 11) is 3.21. The minimum absolute atomic E-state index is 0.177. The van der Waals surface area contributed by atoms with Crippen LogP contribution in [-0.4, -0.2) is 58.0 Å². The second-order valence-electron chi connectivity index (χ2n) is 6.20. The molecule has 144 valence electrons. The van der Waals surface area contributed by atoms with E-state index < -0.39 is 0 Å². The molecule has 0 atom stereocenters. The fourth-order valence-corrected chi connectivity index (χ4v) is 2.98. The molecular weight excluding hydrogens is 346 g/mol. The number of nitrogens with one attached hydrogen (secondary N) is 1. The Kier molecular flexibility index (Phi) is 6.49. The van der Waals surface area contributed by atoms with Crippen LogP contribution >= 0.6 is 0 Å². The number of hydrogen-bond acceptors (Lipinski definition) is 6. The highest BCUT2D eigenvalue weighted by Crippen LogP contribution is 2.27. The van der Waals surface area contributed by atoms with Gasteiger partial charge in [0.1, 0.15) is 5.69 Å². The third kappa shape index (κ3) is 4.89. The number of carbonyl (C=O) groups is 1. The molecule has 2 heterocycles. The van der Waals surface area contributed by atoms with E-state index in [9.17, 15) is 4.79 Å². The summed E-state index contributed by atoms with van der Waals surface area (Å²) in [4.78, 5) is 18.8. The fraction of sp³-hybridized carbons (Fsp3) is 0.400. The molecule has 0 bridgehead atoms. The largest absolute Gasteiger partial charge is 0.493 e. The van der Waals surface area contributed by atoms with E-state index in [0.717, 1.165) is 37.6 Å². The fourth-order valence-electron chi connectivity index (χ4n) is 2.98. The molecule has 0 saturated carbocycles. The van der Waals surface area contributed by atoms with Crippen LogP contribution in [0.5, 0.6) is 11.5 Å². The number of hydrogen-bond donors (Lipinski definition) is 1. The highest BCUT2D eigenvalue weighted by atomic mass is 16.5. The van der Waals surface area contributed by atoms with E-state index in [-0.39, 0.29) is 5.91 Å². The molecule has 2 aromatic rings. The topological polar surface area (TPSA) is 72.9 Å². The predicted molar refractivity (Wildman–Crippen MR) is 103 cm³/mol. The van der Waals surface area contributed by atoms with Crippen LogP contribution in [0, 0.1) is 0 Å². The SMILES string of the molecule is COc1ccc(CCNC(=O)c2ccc(N3CCOCC3)cn2)cc1OC. The first-order valence-corrected chi connectivity index (χ1v) is 8.99. The van der Waals surface area contributed by atoms with Crippen molar-refractivity contribution >= 4 is 11.6 Å². The molecule has 1 aromatic carbocycles. The summed E-state index contributed by atoms with van der Waals surface area (Å²) in [5.41, 5.74) is 2.49. The Balaban J connectivity index is 1.52. The maximum Gasteiger partial charge on any atom is 0.269 e. The lowest BCUT2D eigenvalue weighted by molar-refractivity contribution is 0.0949. The van der Waals surface area contributed by atoms with Crippen LogP contribution in [0.2, 0.25) is 0 Å². The number of ether oxygens (including phenoxy) is 3. The van der Waals surface area contributed by atoms with Crippen molar-refractivity contribution in [1.82, 2.24) is 10.3 Å². The lowest BCUT2D eigenvalue weighted by Crippen LogP contribution is -2.36. The van der Waals surface area contributed by atoms with Crippen LogP contribution in [0.1, 0.15) is 16.1 Å². The first-order valence-electron chi connectivity index (χ1n) is 8.99. The summed E-state index contributed by atoms with van der Waals surface area (Å²) in [6, 6.07) is 9.43. The van der Waals surface area contributed by atoms with Gasteiger partial charge in [0.05, 0.1) is 39.3 Å². The van der Waals surface area contributed by atoms with Crippen molar-refractivity contribution < 1.29 is 19.0 Å². The molecule has 0 aliphatic carbocycles. The third-order valence-electron chi connectivity index (χ3n) is 4.50. The van der Waals surface area contributed by atoms with E-state index in [1.807, 2.05) is 24.3 Å². The monoisotopic (exact) mass is 371 g/mol. The standard InChI is InChI=1S/C20H25N3O4/c1-25-18-6-3-15(13-19(18)26-2)7-8-21-20(24)17-5-4-16(14-22-17)23-9-11-27-12-10-23/h3-6,13-14H,7-12H2,1-2H3,(H,21,24). The van der Waals surface area contributed by atoms with Gasteiger partial charge in [-0.25, -0.2) is 4.98 Å². The number of nitrogens with zero attached hydrogens (tertiary/aromatic N) is 2. The molecule has 1 saturated heterocycles. The molecule has 1 N–H and O–H groups in total.